The number of anilines is 1. The molecule has 0 aliphatic heterocycles. The lowest BCUT2D eigenvalue weighted by Gasteiger charge is -2.33. The molecule has 3 aromatic rings. The second-order valence-electron chi connectivity index (χ2n) is 10.0. The summed E-state index contributed by atoms with van der Waals surface area (Å²) in [5.74, 6) is -0.777. The fraction of sp³-hybridized carbons (Fsp3) is 0.355. The Kier molecular flexibility index (Phi) is 10.8. The van der Waals surface area contributed by atoms with Crippen LogP contribution in [0.25, 0.3) is 0 Å². The first-order chi connectivity index (χ1) is 18.9. The molecule has 2 atom stereocenters. The Hall–Kier alpha value is -3.36. The fourth-order valence-electron chi connectivity index (χ4n) is 4.25. The monoisotopic (exact) mass is 583 g/mol. The van der Waals surface area contributed by atoms with E-state index in [1.54, 1.807) is 44.2 Å². The van der Waals surface area contributed by atoms with Gasteiger partial charge in [0.2, 0.25) is 11.8 Å². The van der Waals surface area contributed by atoms with Gasteiger partial charge in [-0.1, -0.05) is 72.6 Å². The maximum atomic E-state index is 14.0. The van der Waals surface area contributed by atoms with E-state index in [-0.39, 0.29) is 23.4 Å². The lowest BCUT2D eigenvalue weighted by atomic mass is 10.1. The Bertz CT molecular complexity index is 1410. The van der Waals surface area contributed by atoms with Gasteiger partial charge in [0.25, 0.3) is 10.0 Å². The summed E-state index contributed by atoms with van der Waals surface area (Å²) in [5.41, 5.74) is 2.76. The molecular weight excluding hydrogens is 546 g/mol. The van der Waals surface area contributed by atoms with E-state index < -0.39 is 28.5 Å². The minimum absolute atomic E-state index is 0.0590. The number of benzene rings is 3. The van der Waals surface area contributed by atoms with E-state index >= 15 is 0 Å². The molecule has 0 bridgehead atoms. The van der Waals surface area contributed by atoms with Crippen LogP contribution < -0.4 is 9.62 Å². The minimum Gasteiger partial charge on any atom is -0.352 e. The van der Waals surface area contributed by atoms with E-state index in [2.05, 4.69) is 5.32 Å². The summed E-state index contributed by atoms with van der Waals surface area (Å²) in [4.78, 5) is 28.6. The van der Waals surface area contributed by atoms with E-state index in [0.29, 0.717) is 22.7 Å². The highest BCUT2D eigenvalue weighted by molar-refractivity contribution is 7.92. The molecule has 9 heteroatoms. The van der Waals surface area contributed by atoms with Gasteiger partial charge < -0.3 is 10.2 Å². The Balaban J connectivity index is 2.01. The highest BCUT2D eigenvalue weighted by atomic mass is 35.5. The lowest BCUT2D eigenvalue weighted by molar-refractivity contribution is -0.139. The first kappa shape index (κ1) is 31.2. The molecule has 7 nitrogen and oxygen atoms in total. The second-order valence-corrected chi connectivity index (χ2v) is 12.3. The van der Waals surface area contributed by atoms with Gasteiger partial charge in [0.15, 0.2) is 0 Å². The van der Waals surface area contributed by atoms with Crippen LogP contribution >= 0.6 is 11.6 Å². The standard InChI is InChI=1S/C31H38ClN3O4S/c1-6-23(3)33-31(37)25(5)34(20-19-26-11-8-7-9-12-26)30(36)21-35(29-14-10-13-28(32)24(29)4)40(38,39)27-17-15-22(2)16-18-27/h7-18,23,25H,6,19-21H2,1-5H3,(H,33,37)/t23-,25-/m1/s1. The smallest absolute Gasteiger partial charge is 0.264 e. The summed E-state index contributed by atoms with van der Waals surface area (Å²) in [7, 11) is -4.15. The number of hydrogen-bond acceptors (Lipinski definition) is 4. The molecule has 1 N–H and O–H groups in total. The zero-order valence-corrected chi connectivity index (χ0v) is 25.3. The predicted molar refractivity (Wildman–Crippen MR) is 161 cm³/mol. The number of rotatable bonds is 12. The van der Waals surface area contributed by atoms with Gasteiger partial charge in [-0.05, 0) is 75.9 Å². The van der Waals surface area contributed by atoms with Gasteiger partial charge in [0, 0.05) is 17.6 Å². The largest absolute Gasteiger partial charge is 0.352 e. The number of sulfonamides is 1. The van der Waals surface area contributed by atoms with Gasteiger partial charge in [0.1, 0.15) is 12.6 Å². The van der Waals surface area contributed by atoms with Crippen LogP contribution in [0.1, 0.15) is 43.9 Å². The highest BCUT2D eigenvalue weighted by Crippen LogP contribution is 2.31. The molecule has 0 aliphatic carbocycles. The molecule has 0 saturated heterocycles. The number of nitrogens with one attached hydrogen (secondary N) is 1. The normalized spacial score (nSPS) is 12.8. The Morgan fingerprint density at radius 3 is 2.20 bits per heavy atom. The maximum absolute atomic E-state index is 14.0. The zero-order valence-electron chi connectivity index (χ0n) is 23.7. The van der Waals surface area contributed by atoms with Crippen molar-refractivity contribution in [1.29, 1.82) is 0 Å². The molecule has 0 unspecified atom stereocenters. The van der Waals surface area contributed by atoms with Crippen molar-refractivity contribution < 1.29 is 18.0 Å². The SMILES string of the molecule is CC[C@@H](C)NC(=O)[C@@H](C)N(CCc1ccccc1)C(=O)CN(c1cccc(Cl)c1C)S(=O)(=O)c1ccc(C)cc1. The number of hydrogen-bond donors (Lipinski definition) is 1. The van der Waals surface area contributed by atoms with Crippen molar-refractivity contribution in [2.75, 3.05) is 17.4 Å². The van der Waals surface area contributed by atoms with E-state index in [9.17, 15) is 18.0 Å². The van der Waals surface area contributed by atoms with Crippen LogP contribution in [0.2, 0.25) is 5.02 Å². The molecule has 40 heavy (non-hydrogen) atoms. The molecule has 0 radical (unpaired) electrons. The van der Waals surface area contributed by atoms with E-state index in [4.69, 9.17) is 11.6 Å². The molecule has 214 valence electrons. The van der Waals surface area contributed by atoms with Crippen molar-refractivity contribution in [3.05, 3.63) is 94.5 Å². The lowest BCUT2D eigenvalue weighted by Crippen LogP contribution is -2.53. The van der Waals surface area contributed by atoms with E-state index in [0.717, 1.165) is 21.9 Å². The first-order valence-corrected chi connectivity index (χ1v) is 15.3. The summed E-state index contributed by atoms with van der Waals surface area (Å²) >= 11 is 6.38. The average Bonchev–Trinajstić information content (AvgIpc) is 2.94. The third-order valence-electron chi connectivity index (χ3n) is 7.05. The summed E-state index contributed by atoms with van der Waals surface area (Å²) in [5, 5.41) is 3.33. The number of carbonyl (C=O) groups excluding carboxylic acids is 2. The van der Waals surface area contributed by atoms with Gasteiger partial charge in [-0.25, -0.2) is 8.42 Å². The molecule has 0 saturated carbocycles. The van der Waals surface area contributed by atoms with Crippen molar-refractivity contribution in [3.8, 4) is 0 Å². The van der Waals surface area contributed by atoms with E-state index in [1.165, 1.54) is 17.0 Å². The number of nitrogens with zero attached hydrogens (tertiary/aromatic N) is 2. The fourth-order valence-corrected chi connectivity index (χ4v) is 5.89. The van der Waals surface area contributed by atoms with Crippen LogP contribution in [-0.4, -0.2) is 50.3 Å². The summed E-state index contributed by atoms with van der Waals surface area (Å²) in [6, 6.07) is 20.2. The predicted octanol–water partition coefficient (Wildman–Crippen LogP) is 5.53. The maximum Gasteiger partial charge on any atom is 0.264 e. The highest BCUT2D eigenvalue weighted by Gasteiger charge is 2.33. The number of amides is 2. The number of halogens is 1. The molecule has 3 rings (SSSR count). The molecule has 0 aromatic heterocycles. The number of carbonyl (C=O) groups is 2. The zero-order chi connectivity index (χ0) is 29.4. The molecule has 0 aliphatic rings. The van der Waals surface area contributed by atoms with Crippen LogP contribution in [0, 0.1) is 13.8 Å². The first-order valence-electron chi connectivity index (χ1n) is 13.4. The number of aryl methyl sites for hydroxylation is 1. The molecule has 2 amide bonds. The van der Waals surface area contributed by atoms with Crippen LogP contribution in [0.4, 0.5) is 5.69 Å². The van der Waals surface area contributed by atoms with Crippen molar-refractivity contribution in [2.24, 2.45) is 0 Å². The molecule has 3 aromatic carbocycles. The van der Waals surface area contributed by atoms with Crippen molar-refractivity contribution >= 4 is 39.1 Å². The van der Waals surface area contributed by atoms with Crippen molar-refractivity contribution in [3.63, 3.8) is 0 Å². The van der Waals surface area contributed by atoms with Crippen LogP contribution in [0.5, 0.6) is 0 Å². The Morgan fingerprint density at radius 2 is 1.57 bits per heavy atom. The van der Waals surface area contributed by atoms with Crippen molar-refractivity contribution in [1.82, 2.24) is 10.2 Å². The minimum atomic E-state index is -4.15. The molecule has 0 heterocycles. The van der Waals surface area contributed by atoms with Crippen molar-refractivity contribution in [2.45, 2.75) is 64.4 Å². The third kappa shape index (κ3) is 7.64. The van der Waals surface area contributed by atoms with Gasteiger partial charge in [0.05, 0.1) is 10.6 Å². The van der Waals surface area contributed by atoms with Gasteiger partial charge in [-0.3, -0.25) is 13.9 Å². The summed E-state index contributed by atoms with van der Waals surface area (Å²) in [6.45, 7) is 8.88. The van der Waals surface area contributed by atoms with Crippen LogP contribution in [0.3, 0.4) is 0 Å². The topological polar surface area (TPSA) is 86.8 Å². The molecule has 0 fully saturated rings. The Labute approximate surface area is 243 Å². The van der Waals surface area contributed by atoms with Crippen LogP contribution in [-0.2, 0) is 26.0 Å². The Morgan fingerprint density at radius 1 is 0.925 bits per heavy atom. The molecular formula is C31H38ClN3O4S. The average molecular weight is 584 g/mol. The quantitative estimate of drug-likeness (QED) is 0.304. The third-order valence-corrected chi connectivity index (χ3v) is 9.23. The van der Waals surface area contributed by atoms with E-state index in [1.807, 2.05) is 51.1 Å². The second kappa shape index (κ2) is 13.8. The van der Waals surface area contributed by atoms with Gasteiger partial charge >= 0.3 is 0 Å². The summed E-state index contributed by atoms with van der Waals surface area (Å²) in [6.07, 6.45) is 1.25. The molecule has 0 spiro atoms. The van der Waals surface area contributed by atoms with Gasteiger partial charge in [-0.15, -0.1) is 0 Å². The van der Waals surface area contributed by atoms with Gasteiger partial charge in [-0.2, -0.15) is 0 Å². The van der Waals surface area contributed by atoms with Crippen LogP contribution in [0.15, 0.2) is 77.7 Å². The summed E-state index contributed by atoms with van der Waals surface area (Å²) < 4.78 is 29.0.